The van der Waals surface area contributed by atoms with Crippen LogP contribution in [-0.2, 0) is 0 Å². The number of ether oxygens (including phenoxy) is 1. The number of hydrogen-bond acceptors (Lipinski definition) is 4. The SMILES string of the molecule is NCCOc1ccc(-c2cocn2)cc1. The molecule has 0 atom stereocenters. The third-order valence-electron chi connectivity index (χ3n) is 1.97. The molecular formula is C11H12N2O2. The van der Waals surface area contributed by atoms with E-state index in [0.717, 1.165) is 17.0 Å². The molecule has 0 spiro atoms. The first-order chi connectivity index (χ1) is 7.40. The summed E-state index contributed by atoms with van der Waals surface area (Å²) in [4.78, 5) is 4.05. The van der Waals surface area contributed by atoms with Crippen LogP contribution in [0.3, 0.4) is 0 Å². The molecule has 1 heterocycles. The van der Waals surface area contributed by atoms with Crippen LogP contribution in [0.5, 0.6) is 5.75 Å². The van der Waals surface area contributed by atoms with Crippen molar-refractivity contribution in [2.24, 2.45) is 5.73 Å². The van der Waals surface area contributed by atoms with Crippen LogP contribution < -0.4 is 10.5 Å². The normalized spacial score (nSPS) is 10.2. The van der Waals surface area contributed by atoms with Crippen LogP contribution in [-0.4, -0.2) is 18.1 Å². The van der Waals surface area contributed by atoms with Crippen molar-refractivity contribution < 1.29 is 9.15 Å². The topological polar surface area (TPSA) is 61.3 Å². The largest absolute Gasteiger partial charge is 0.492 e. The number of rotatable bonds is 4. The van der Waals surface area contributed by atoms with E-state index >= 15 is 0 Å². The highest BCUT2D eigenvalue weighted by atomic mass is 16.5. The number of aromatic nitrogens is 1. The zero-order valence-electron chi connectivity index (χ0n) is 8.22. The lowest BCUT2D eigenvalue weighted by molar-refractivity contribution is 0.328. The van der Waals surface area contributed by atoms with Crippen molar-refractivity contribution >= 4 is 0 Å². The molecule has 15 heavy (non-hydrogen) atoms. The van der Waals surface area contributed by atoms with E-state index in [1.165, 1.54) is 6.39 Å². The van der Waals surface area contributed by atoms with Crippen molar-refractivity contribution in [2.75, 3.05) is 13.2 Å². The Morgan fingerprint density at radius 1 is 1.27 bits per heavy atom. The summed E-state index contributed by atoms with van der Waals surface area (Å²) in [5.74, 6) is 0.813. The van der Waals surface area contributed by atoms with E-state index in [9.17, 15) is 0 Å². The molecule has 1 aromatic carbocycles. The van der Waals surface area contributed by atoms with Gasteiger partial charge in [0.1, 0.15) is 24.3 Å². The summed E-state index contributed by atoms with van der Waals surface area (Å²) in [6.07, 6.45) is 3.02. The molecule has 0 bridgehead atoms. The predicted molar refractivity (Wildman–Crippen MR) is 56.5 cm³/mol. The molecular weight excluding hydrogens is 192 g/mol. The Morgan fingerprint density at radius 2 is 2.07 bits per heavy atom. The van der Waals surface area contributed by atoms with E-state index in [4.69, 9.17) is 14.9 Å². The first-order valence-corrected chi connectivity index (χ1v) is 4.71. The average molecular weight is 204 g/mol. The Balaban J connectivity index is 2.11. The molecule has 2 N–H and O–H groups in total. The molecule has 4 nitrogen and oxygen atoms in total. The van der Waals surface area contributed by atoms with Gasteiger partial charge in [-0.1, -0.05) is 0 Å². The second-order valence-corrected chi connectivity index (χ2v) is 3.04. The number of nitrogens with zero attached hydrogens (tertiary/aromatic N) is 1. The Bertz CT molecular complexity index is 395. The lowest BCUT2D eigenvalue weighted by Crippen LogP contribution is -2.10. The van der Waals surface area contributed by atoms with Crippen LogP contribution in [0, 0.1) is 0 Å². The summed E-state index contributed by atoms with van der Waals surface area (Å²) in [5.41, 5.74) is 7.16. The van der Waals surface area contributed by atoms with Crippen molar-refractivity contribution in [1.82, 2.24) is 4.98 Å². The highest BCUT2D eigenvalue weighted by Gasteiger charge is 2.00. The van der Waals surface area contributed by atoms with E-state index in [0.29, 0.717) is 13.2 Å². The molecule has 0 unspecified atom stereocenters. The molecule has 1 aromatic heterocycles. The van der Waals surface area contributed by atoms with E-state index in [-0.39, 0.29) is 0 Å². The molecule has 0 saturated heterocycles. The predicted octanol–water partition coefficient (Wildman–Crippen LogP) is 1.68. The van der Waals surface area contributed by atoms with Crippen LogP contribution in [0.25, 0.3) is 11.3 Å². The van der Waals surface area contributed by atoms with Gasteiger partial charge in [0.25, 0.3) is 0 Å². The Morgan fingerprint density at radius 3 is 2.67 bits per heavy atom. The fourth-order valence-corrected chi connectivity index (χ4v) is 1.25. The van der Waals surface area contributed by atoms with Gasteiger partial charge in [0.05, 0.1) is 0 Å². The van der Waals surface area contributed by atoms with Gasteiger partial charge in [-0.3, -0.25) is 0 Å². The zero-order valence-corrected chi connectivity index (χ0v) is 8.22. The van der Waals surface area contributed by atoms with E-state index in [1.54, 1.807) is 6.26 Å². The molecule has 0 aliphatic rings. The number of nitrogens with two attached hydrogens (primary N) is 1. The van der Waals surface area contributed by atoms with Crippen LogP contribution >= 0.6 is 0 Å². The fourth-order valence-electron chi connectivity index (χ4n) is 1.25. The molecule has 0 aliphatic carbocycles. The quantitative estimate of drug-likeness (QED) is 0.823. The second-order valence-electron chi connectivity index (χ2n) is 3.04. The van der Waals surface area contributed by atoms with Crippen molar-refractivity contribution in [1.29, 1.82) is 0 Å². The minimum atomic E-state index is 0.519. The monoisotopic (exact) mass is 204 g/mol. The molecule has 0 fully saturated rings. The first-order valence-electron chi connectivity index (χ1n) is 4.71. The van der Waals surface area contributed by atoms with Gasteiger partial charge < -0.3 is 14.9 Å². The minimum Gasteiger partial charge on any atom is -0.492 e. The summed E-state index contributed by atoms with van der Waals surface area (Å²) >= 11 is 0. The van der Waals surface area contributed by atoms with Gasteiger partial charge in [-0.15, -0.1) is 0 Å². The smallest absolute Gasteiger partial charge is 0.181 e. The van der Waals surface area contributed by atoms with Crippen molar-refractivity contribution in [3.05, 3.63) is 36.9 Å². The maximum Gasteiger partial charge on any atom is 0.181 e. The van der Waals surface area contributed by atoms with Crippen molar-refractivity contribution in [3.63, 3.8) is 0 Å². The summed E-state index contributed by atoms with van der Waals surface area (Å²) in [6.45, 7) is 1.05. The van der Waals surface area contributed by atoms with Crippen LogP contribution in [0.2, 0.25) is 0 Å². The molecule has 0 saturated carbocycles. The third kappa shape index (κ3) is 2.35. The average Bonchev–Trinajstić information content (AvgIpc) is 2.80. The Hall–Kier alpha value is -1.81. The zero-order chi connectivity index (χ0) is 10.5. The van der Waals surface area contributed by atoms with E-state index in [1.807, 2.05) is 24.3 Å². The van der Waals surface area contributed by atoms with Gasteiger partial charge in [0.2, 0.25) is 0 Å². The molecule has 78 valence electrons. The Labute approximate surface area is 87.7 Å². The fraction of sp³-hybridized carbons (Fsp3) is 0.182. The Kier molecular flexibility index (Phi) is 2.99. The summed E-state index contributed by atoms with van der Waals surface area (Å²) in [5, 5.41) is 0. The summed E-state index contributed by atoms with van der Waals surface area (Å²) < 4.78 is 10.3. The number of benzene rings is 1. The molecule has 2 rings (SSSR count). The molecule has 0 aliphatic heterocycles. The van der Waals surface area contributed by atoms with Crippen LogP contribution in [0.15, 0.2) is 41.3 Å². The van der Waals surface area contributed by atoms with Gasteiger partial charge >= 0.3 is 0 Å². The lowest BCUT2D eigenvalue weighted by atomic mass is 10.2. The molecule has 0 amide bonds. The third-order valence-corrected chi connectivity index (χ3v) is 1.97. The van der Waals surface area contributed by atoms with Crippen molar-refractivity contribution in [3.8, 4) is 17.0 Å². The molecule has 0 radical (unpaired) electrons. The van der Waals surface area contributed by atoms with E-state index in [2.05, 4.69) is 4.98 Å². The standard InChI is InChI=1S/C11H12N2O2/c12-5-6-15-10-3-1-9(2-4-10)11-7-14-8-13-11/h1-4,7-8H,5-6,12H2. The van der Waals surface area contributed by atoms with Crippen LogP contribution in [0.1, 0.15) is 0 Å². The van der Waals surface area contributed by atoms with Gasteiger partial charge in [0.15, 0.2) is 6.39 Å². The summed E-state index contributed by atoms with van der Waals surface area (Å²) in [7, 11) is 0. The van der Waals surface area contributed by atoms with Gasteiger partial charge in [-0.2, -0.15) is 0 Å². The maximum absolute atomic E-state index is 5.36. The van der Waals surface area contributed by atoms with Gasteiger partial charge in [-0.25, -0.2) is 4.98 Å². The van der Waals surface area contributed by atoms with Gasteiger partial charge in [-0.05, 0) is 24.3 Å². The van der Waals surface area contributed by atoms with Crippen molar-refractivity contribution in [2.45, 2.75) is 0 Å². The second kappa shape index (κ2) is 4.61. The summed E-state index contributed by atoms with van der Waals surface area (Å²) in [6, 6.07) is 7.65. The lowest BCUT2D eigenvalue weighted by Gasteiger charge is -2.04. The maximum atomic E-state index is 5.36. The number of hydrogen-bond donors (Lipinski definition) is 1. The highest BCUT2D eigenvalue weighted by Crippen LogP contribution is 2.20. The number of oxazole rings is 1. The molecule has 2 aromatic rings. The van der Waals surface area contributed by atoms with E-state index < -0.39 is 0 Å². The molecule has 4 heteroatoms. The first kappa shape index (κ1) is 9.73. The van der Waals surface area contributed by atoms with Gasteiger partial charge in [0, 0.05) is 12.1 Å². The minimum absolute atomic E-state index is 0.519. The highest BCUT2D eigenvalue weighted by molar-refractivity contribution is 5.58. The van der Waals surface area contributed by atoms with Crippen LogP contribution in [0.4, 0.5) is 0 Å².